The van der Waals surface area contributed by atoms with E-state index in [0.29, 0.717) is 11.7 Å². The van der Waals surface area contributed by atoms with Crippen LogP contribution in [0.25, 0.3) is 0 Å². The summed E-state index contributed by atoms with van der Waals surface area (Å²) in [5.74, 6) is 2.33. The molecule has 1 amide bonds. The minimum absolute atomic E-state index is 0.270. The van der Waals surface area contributed by atoms with E-state index in [9.17, 15) is 4.79 Å². The molecule has 3 nitrogen and oxygen atoms in total. The molecule has 2 bridgehead atoms. The van der Waals surface area contributed by atoms with Gasteiger partial charge in [0, 0.05) is 30.1 Å². The first kappa shape index (κ1) is 19.3. The van der Waals surface area contributed by atoms with Crippen LogP contribution in [-0.4, -0.2) is 41.7 Å². The average molecular weight is 387 g/mol. The van der Waals surface area contributed by atoms with E-state index in [0.717, 1.165) is 36.8 Å². The second kappa shape index (κ2) is 8.57. The van der Waals surface area contributed by atoms with Crippen molar-refractivity contribution in [3.8, 4) is 0 Å². The van der Waals surface area contributed by atoms with Crippen molar-refractivity contribution >= 4 is 23.4 Å². The number of carbonyl (C=O) groups excluding carboxylic acids is 1. The summed E-state index contributed by atoms with van der Waals surface area (Å²) < 4.78 is 0. The van der Waals surface area contributed by atoms with Gasteiger partial charge in [0.2, 0.25) is 5.91 Å². The van der Waals surface area contributed by atoms with Gasteiger partial charge in [-0.05, 0) is 49.7 Å². The Balaban J connectivity index is 1.36. The van der Waals surface area contributed by atoms with Gasteiger partial charge >= 0.3 is 0 Å². The van der Waals surface area contributed by atoms with Gasteiger partial charge in [0.05, 0.1) is 11.4 Å². The van der Waals surface area contributed by atoms with Crippen molar-refractivity contribution in [3.63, 3.8) is 0 Å². The molecule has 0 aromatic heterocycles. The lowest BCUT2D eigenvalue weighted by Gasteiger charge is -2.41. The first-order valence-corrected chi connectivity index (χ1v) is 11.9. The van der Waals surface area contributed by atoms with Crippen LogP contribution >= 0.6 is 11.8 Å². The van der Waals surface area contributed by atoms with Gasteiger partial charge in [-0.3, -0.25) is 9.69 Å². The molecule has 0 radical (unpaired) electrons. The normalized spacial score (nSPS) is 29.0. The van der Waals surface area contributed by atoms with E-state index in [1.54, 1.807) is 11.8 Å². The summed E-state index contributed by atoms with van der Waals surface area (Å²) in [6.07, 6.45) is 9.76. The number of unbranched alkanes of at least 4 members (excludes halogenated alkanes) is 1. The van der Waals surface area contributed by atoms with Gasteiger partial charge in [0.1, 0.15) is 0 Å². The van der Waals surface area contributed by atoms with Crippen LogP contribution in [-0.2, 0) is 4.79 Å². The molecular formula is C23H34N2OS. The number of nitrogens with zero attached hydrogens (tertiary/aromatic N) is 2. The standard InChI is InChI=1S/C23H34N2OS/c1-3-4-7-18-12-19-10-11-20(13-18)24(19)14-17(2)15-25-21-8-5-6-9-22(21)27-16-23(25)26/h5-6,8-9,17-20H,3-4,7,10-16H2,1-2H3/t17?,18?,19-,20?/m1/s1. The molecule has 0 aliphatic carbocycles. The third kappa shape index (κ3) is 4.22. The predicted molar refractivity (Wildman–Crippen MR) is 114 cm³/mol. The van der Waals surface area contributed by atoms with Gasteiger partial charge in [-0.15, -0.1) is 11.8 Å². The predicted octanol–water partition coefficient (Wildman–Crippen LogP) is 5.19. The maximum absolute atomic E-state index is 12.6. The largest absolute Gasteiger partial charge is 0.310 e. The van der Waals surface area contributed by atoms with Crippen molar-refractivity contribution < 1.29 is 4.79 Å². The highest BCUT2D eigenvalue weighted by atomic mass is 32.2. The zero-order valence-corrected chi connectivity index (χ0v) is 17.7. The number of hydrogen-bond donors (Lipinski definition) is 0. The second-order valence-electron chi connectivity index (χ2n) is 8.93. The molecule has 3 unspecified atom stereocenters. The first-order valence-electron chi connectivity index (χ1n) is 10.9. The van der Waals surface area contributed by atoms with Crippen LogP contribution < -0.4 is 4.90 Å². The maximum atomic E-state index is 12.6. The smallest absolute Gasteiger partial charge is 0.237 e. The molecule has 1 aromatic carbocycles. The molecule has 4 rings (SSSR count). The Bertz CT molecular complexity index is 650. The molecule has 27 heavy (non-hydrogen) atoms. The molecule has 3 aliphatic heterocycles. The number of benzene rings is 1. The van der Waals surface area contributed by atoms with E-state index >= 15 is 0 Å². The monoisotopic (exact) mass is 386 g/mol. The van der Waals surface area contributed by atoms with E-state index in [-0.39, 0.29) is 5.91 Å². The van der Waals surface area contributed by atoms with Crippen molar-refractivity contribution in [1.82, 2.24) is 4.90 Å². The van der Waals surface area contributed by atoms with Crippen LogP contribution in [0.15, 0.2) is 29.2 Å². The van der Waals surface area contributed by atoms with Crippen LogP contribution in [0.4, 0.5) is 5.69 Å². The third-order valence-electron chi connectivity index (χ3n) is 6.77. The molecule has 4 atom stereocenters. The molecule has 2 fully saturated rings. The minimum Gasteiger partial charge on any atom is -0.310 e. The summed E-state index contributed by atoms with van der Waals surface area (Å²) in [5, 5.41) is 0. The molecule has 3 heterocycles. The lowest BCUT2D eigenvalue weighted by molar-refractivity contribution is -0.116. The van der Waals surface area contributed by atoms with E-state index in [1.165, 1.54) is 49.8 Å². The highest BCUT2D eigenvalue weighted by molar-refractivity contribution is 8.00. The number of para-hydroxylation sites is 1. The zero-order valence-electron chi connectivity index (χ0n) is 16.9. The summed E-state index contributed by atoms with van der Waals surface area (Å²) in [4.78, 5) is 18.7. The quantitative estimate of drug-likeness (QED) is 0.644. The van der Waals surface area contributed by atoms with Gasteiger partial charge in [0.25, 0.3) is 0 Å². The van der Waals surface area contributed by atoms with Crippen LogP contribution in [0.3, 0.4) is 0 Å². The molecule has 2 saturated heterocycles. The Labute approximate surface area is 168 Å². The SMILES string of the molecule is CCCCC1CC2CC[C@H](C1)N2CC(C)CN1C(=O)CSc2ccccc21. The number of rotatable bonds is 7. The van der Waals surface area contributed by atoms with E-state index in [1.807, 2.05) is 4.90 Å². The number of thioether (sulfide) groups is 1. The minimum atomic E-state index is 0.270. The van der Waals surface area contributed by atoms with Crippen LogP contribution in [0.2, 0.25) is 0 Å². The number of amides is 1. The average Bonchev–Trinajstić information content (AvgIpc) is 2.90. The van der Waals surface area contributed by atoms with Gasteiger partial charge in [-0.25, -0.2) is 0 Å². The Morgan fingerprint density at radius 2 is 1.89 bits per heavy atom. The van der Waals surface area contributed by atoms with Crippen molar-refractivity contribution in [2.75, 3.05) is 23.7 Å². The Kier molecular flexibility index (Phi) is 6.13. The molecule has 148 valence electrons. The van der Waals surface area contributed by atoms with Crippen molar-refractivity contribution in [1.29, 1.82) is 0 Å². The van der Waals surface area contributed by atoms with Crippen LogP contribution in [0.5, 0.6) is 0 Å². The fourth-order valence-corrected chi connectivity index (χ4v) is 6.43. The lowest BCUT2D eigenvalue weighted by Crippen LogP contribution is -2.47. The first-order chi connectivity index (χ1) is 13.2. The fourth-order valence-electron chi connectivity index (χ4n) is 5.50. The van der Waals surface area contributed by atoms with Crippen molar-refractivity contribution in [2.45, 2.75) is 75.8 Å². The number of hydrogen-bond acceptors (Lipinski definition) is 3. The summed E-state index contributed by atoms with van der Waals surface area (Å²) in [6, 6.07) is 9.97. The maximum Gasteiger partial charge on any atom is 0.237 e. The number of fused-ring (bicyclic) bond motifs is 3. The molecule has 1 aromatic rings. The summed E-state index contributed by atoms with van der Waals surface area (Å²) >= 11 is 1.68. The Morgan fingerprint density at radius 3 is 2.63 bits per heavy atom. The van der Waals surface area contributed by atoms with Crippen molar-refractivity contribution in [3.05, 3.63) is 24.3 Å². The van der Waals surface area contributed by atoms with Gasteiger partial charge < -0.3 is 4.90 Å². The highest BCUT2D eigenvalue weighted by Gasteiger charge is 2.40. The number of anilines is 1. The molecule has 4 heteroatoms. The highest BCUT2D eigenvalue weighted by Crippen LogP contribution is 2.41. The molecule has 0 N–H and O–H groups in total. The van der Waals surface area contributed by atoms with E-state index in [2.05, 4.69) is 43.0 Å². The molecule has 0 spiro atoms. The van der Waals surface area contributed by atoms with E-state index < -0.39 is 0 Å². The number of carbonyl (C=O) groups is 1. The third-order valence-corrected chi connectivity index (χ3v) is 7.82. The van der Waals surface area contributed by atoms with Gasteiger partial charge in [0.15, 0.2) is 0 Å². The summed E-state index contributed by atoms with van der Waals surface area (Å²) in [5.41, 5.74) is 1.12. The van der Waals surface area contributed by atoms with E-state index in [4.69, 9.17) is 0 Å². The fraction of sp³-hybridized carbons (Fsp3) is 0.696. The zero-order chi connectivity index (χ0) is 18.8. The lowest BCUT2D eigenvalue weighted by atomic mass is 9.86. The molecule has 3 aliphatic rings. The summed E-state index contributed by atoms with van der Waals surface area (Å²) in [7, 11) is 0. The van der Waals surface area contributed by atoms with Crippen LogP contribution in [0, 0.1) is 11.8 Å². The Morgan fingerprint density at radius 1 is 1.15 bits per heavy atom. The van der Waals surface area contributed by atoms with Gasteiger partial charge in [-0.1, -0.05) is 45.2 Å². The second-order valence-corrected chi connectivity index (χ2v) is 9.94. The van der Waals surface area contributed by atoms with Gasteiger partial charge in [-0.2, -0.15) is 0 Å². The molecule has 0 saturated carbocycles. The summed E-state index contributed by atoms with van der Waals surface area (Å²) in [6.45, 7) is 6.64. The number of piperidine rings is 1. The molecular weight excluding hydrogens is 352 g/mol. The Hall–Kier alpha value is -1.00. The van der Waals surface area contributed by atoms with Crippen LogP contribution in [0.1, 0.15) is 58.8 Å². The van der Waals surface area contributed by atoms with Crippen molar-refractivity contribution in [2.24, 2.45) is 11.8 Å². The topological polar surface area (TPSA) is 23.6 Å².